The van der Waals surface area contributed by atoms with Gasteiger partial charge in [-0.2, -0.15) is 5.26 Å². The van der Waals surface area contributed by atoms with Gasteiger partial charge >= 0.3 is 0 Å². The Morgan fingerprint density at radius 2 is 2.06 bits per heavy atom. The summed E-state index contributed by atoms with van der Waals surface area (Å²) in [4.78, 5) is 0. The van der Waals surface area contributed by atoms with Crippen LogP contribution in [-0.4, -0.2) is 17.3 Å². The summed E-state index contributed by atoms with van der Waals surface area (Å²) in [6, 6.07) is 7.84. The molecule has 2 N–H and O–H groups in total. The van der Waals surface area contributed by atoms with Gasteiger partial charge in [-0.05, 0) is 43.5 Å². The molecule has 1 aliphatic rings. The monoisotopic (exact) mass is 244 g/mol. The van der Waals surface area contributed by atoms with Gasteiger partial charge in [0, 0.05) is 12.2 Å². The van der Waals surface area contributed by atoms with Crippen molar-refractivity contribution in [3.05, 3.63) is 29.3 Å². The first-order valence-electron chi connectivity index (χ1n) is 6.60. The number of anilines is 1. The Bertz CT molecular complexity index is 456. The lowest BCUT2D eigenvalue weighted by Crippen LogP contribution is -2.38. The van der Waals surface area contributed by atoms with Crippen molar-refractivity contribution in [1.82, 2.24) is 0 Å². The molecule has 0 unspecified atom stereocenters. The van der Waals surface area contributed by atoms with E-state index >= 15 is 0 Å². The molecule has 1 saturated carbocycles. The first-order valence-corrected chi connectivity index (χ1v) is 6.60. The molecule has 0 spiro atoms. The van der Waals surface area contributed by atoms with Crippen molar-refractivity contribution in [2.45, 2.75) is 44.6 Å². The third kappa shape index (κ3) is 3.02. The number of aliphatic hydroxyl groups is 1. The van der Waals surface area contributed by atoms with Crippen LogP contribution in [0.2, 0.25) is 0 Å². The summed E-state index contributed by atoms with van der Waals surface area (Å²) in [6.07, 6.45) is 5.23. The predicted molar refractivity (Wildman–Crippen MR) is 72.4 cm³/mol. The molecule has 2 rings (SSSR count). The molecule has 0 atom stereocenters. The van der Waals surface area contributed by atoms with E-state index in [-0.39, 0.29) is 0 Å². The Morgan fingerprint density at radius 3 is 2.67 bits per heavy atom. The van der Waals surface area contributed by atoms with Gasteiger partial charge < -0.3 is 10.4 Å². The van der Waals surface area contributed by atoms with Gasteiger partial charge in [0.1, 0.15) is 0 Å². The average Bonchev–Trinajstić information content (AvgIpc) is 2.38. The first-order chi connectivity index (χ1) is 8.63. The molecule has 1 aliphatic carbocycles. The van der Waals surface area contributed by atoms with Crippen LogP contribution >= 0.6 is 0 Å². The van der Waals surface area contributed by atoms with Gasteiger partial charge in [-0.3, -0.25) is 0 Å². The van der Waals surface area contributed by atoms with Gasteiger partial charge in [-0.15, -0.1) is 0 Å². The summed E-state index contributed by atoms with van der Waals surface area (Å²) < 4.78 is 0. The first kappa shape index (κ1) is 12.9. The highest BCUT2D eigenvalue weighted by molar-refractivity contribution is 5.51. The summed E-state index contributed by atoms with van der Waals surface area (Å²) in [6.45, 7) is 2.53. The zero-order valence-corrected chi connectivity index (χ0v) is 10.9. The number of rotatable bonds is 3. The second-order valence-corrected chi connectivity index (χ2v) is 5.28. The van der Waals surface area contributed by atoms with Crippen molar-refractivity contribution < 1.29 is 5.11 Å². The zero-order valence-electron chi connectivity index (χ0n) is 10.9. The highest BCUT2D eigenvalue weighted by Gasteiger charge is 2.28. The molecule has 3 heteroatoms. The summed E-state index contributed by atoms with van der Waals surface area (Å²) in [5, 5.41) is 22.5. The minimum absolute atomic E-state index is 0.556. The molecule has 0 radical (unpaired) electrons. The second kappa shape index (κ2) is 5.41. The van der Waals surface area contributed by atoms with E-state index in [1.165, 1.54) is 6.42 Å². The normalized spacial score (nSPS) is 18.1. The van der Waals surface area contributed by atoms with Crippen molar-refractivity contribution >= 4 is 5.69 Å². The smallest absolute Gasteiger partial charge is 0.0994 e. The molecule has 0 amide bonds. The van der Waals surface area contributed by atoms with E-state index in [0.29, 0.717) is 12.1 Å². The average molecular weight is 244 g/mol. The van der Waals surface area contributed by atoms with Crippen LogP contribution in [0.4, 0.5) is 5.69 Å². The number of hydrogen-bond acceptors (Lipinski definition) is 3. The van der Waals surface area contributed by atoms with E-state index in [2.05, 4.69) is 11.4 Å². The van der Waals surface area contributed by atoms with Crippen LogP contribution < -0.4 is 5.32 Å². The van der Waals surface area contributed by atoms with Crippen LogP contribution in [-0.2, 0) is 0 Å². The fraction of sp³-hybridized carbons (Fsp3) is 0.533. The number of aryl methyl sites for hydroxylation is 1. The van der Waals surface area contributed by atoms with Crippen molar-refractivity contribution in [3.63, 3.8) is 0 Å². The van der Waals surface area contributed by atoms with Gasteiger partial charge in [-0.25, -0.2) is 0 Å². The van der Waals surface area contributed by atoms with Crippen molar-refractivity contribution in [3.8, 4) is 6.07 Å². The Morgan fingerprint density at radius 1 is 1.33 bits per heavy atom. The van der Waals surface area contributed by atoms with Crippen molar-refractivity contribution in [1.29, 1.82) is 5.26 Å². The standard InChI is InChI=1S/C15H20N2O/c1-12-9-14(6-5-13(12)10-16)17-11-15(18)7-3-2-4-8-15/h5-6,9,17-18H,2-4,7-8,11H2,1H3. The Kier molecular flexibility index (Phi) is 3.88. The fourth-order valence-corrected chi connectivity index (χ4v) is 2.55. The lowest BCUT2D eigenvalue weighted by molar-refractivity contribution is 0.0167. The molecule has 1 aromatic rings. The number of benzene rings is 1. The molecule has 1 fully saturated rings. The van der Waals surface area contributed by atoms with Crippen LogP contribution in [0, 0.1) is 18.3 Å². The Labute approximate surface area is 108 Å². The van der Waals surface area contributed by atoms with E-state index in [1.54, 1.807) is 0 Å². The SMILES string of the molecule is Cc1cc(NCC2(O)CCCCC2)ccc1C#N. The maximum Gasteiger partial charge on any atom is 0.0994 e. The van der Waals surface area contributed by atoms with Crippen LogP contribution in [0.25, 0.3) is 0 Å². The van der Waals surface area contributed by atoms with Gasteiger partial charge in [0.2, 0.25) is 0 Å². The van der Waals surface area contributed by atoms with E-state index in [4.69, 9.17) is 5.26 Å². The molecule has 0 saturated heterocycles. The fourth-order valence-electron chi connectivity index (χ4n) is 2.55. The third-order valence-corrected chi connectivity index (χ3v) is 3.75. The molecule has 0 aliphatic heterocycles. The van der Waals surface area contributed by atoms with E-state index in [0.717, 1.165) is 36.9 Å². The number of hydrogen-bond donors (Lipinski definition) is 2. The minimum Gasteiger partial charge on any atom is -0.388 e. The highest BCUT2D eigenvalue weighted by atomic mass is 16.3. The molecule has 18 heavy (non-hydrogen) atoms. The Balaban J connectivity index is 1.98. The summed E-state index contributed by atoms with van der Waals surface area (Å²) in [7, 11) is 0. The molecule has 96 valence electrons. The maximum atomic E-state index is 10.4. The molecule has 1 aromatic carbocycles. The van der Waals surface area contributed by atoms with Crippen LogP contribution in [0.15, 0.2) is 18.2 Å². The second-order valence-electron chi connectivity index (χ2n) is 5.28. The van der Waals surface area contributed by atoms with Gasteiger partial charge in [-0.1, -0.05) is 19.3 Å². The summed E-state index contributed by atoms with van der Waals surface area (Å²) >= 11 is 0. The quantitative estimate of drug-likeness (QED) is 0.859. The van der Waals surface area contributed by atoms with E-state index in [1.807, 2.05) is 25.1 Å². The van der Waals surface area contributed by atoms with E-state index < -0.39 is 5.60 Å². The summed E-state index contributed by atoms with van der Waals surface area (Å²) in [5.74, 6) is 0. The zero-order chi connectivity index (χ0) is 13.0. The van der Waals surface area contributed by atoms with Crippen molar-refractivity contribution in [2.75, 3.05) is 11.9 Å². The third-order valence-electron chi connectivity index (χ3n) is 3.75. The van der Waals surface area contributed by atoms with Crippen LogP contribution in [0.1, 0.15) is 43.2 Å². The van der Waals surface area contributed by atoms with Crippen LogP contribution in [0.5, 0.6) is 0 Å². The molecular formula is C15H20N2O. The maximum absolute atomic E-state index is 10.4. The molecular weight excluding hydrogens is 224 g/mol. The lowest BCUT2D eigenvalue weighted by atomic mass is 9.85. The highest BCUT2D eigenvalue weighted by Crippen LogP contribution is 2.28. The van der Waals surface area contributed by atoms with Crippen molar-refractivity contribution in [2.24, 2.45) is 0 Å². The summed E-state index contributed by atoms with van der Waals surface area (Å²) in [5.41, 5.74) is 2.10. The van der Waals surface area contributed by atoms with Gasteiger partial charge in [0.15, 0.2) is 0 Å². The molecule has 3 nitrogen and oxygen atoms in total. The largest absolute Gasteiger partial charge is 0.388 e. The minimum atomic E-state index is -0.556. The topological polar surface area (TPSA) is 56.0 Å². The van der Waals surface area contributed by atoms with E-state index in [9.17, 15) is 5.11 Å². The molecule has 0 heterocycles. The molecule has 0 aromatic heterocycles. The predicted octanol–water partition coefficient (Wildman–Crippen LogP) is 2.97. The molecule has 0 bridgehead atoms. The lowest BCUT2D eigenvalue weighted by Gasteiger charge is -2.32. The number of nitriles is 1. The van der Waals surface area contributed by atoms with Crippen LogP contribution in [0.3, 0.4) is 0 Å². The number of nitrogens with zero attached hydrogens (tertiary/aromatic N) is 1. The Hall–Kier alpha value is -1.53. The van der Waals surface area contributed by atoms with Gasteiger partial charge in [0.25, 0.3) is 0 Å². The van der Waals surface area contributed by atoms with Gasteiger partial charge in [0.05, 0.1) is 17.2 Å². The number of nitrogens with one attached hydrogen (secondary N) is 1.